The lowest BCUT2D eigenvalue weighted by Crippen LogP contribution is -2.37. The molecule has 0 spiro atoms. The van der Waals surface area contributed by atoms with Crippen LogP contribution < -0.4 is 15.4 Å². The van der Waals surface area contributed by atoms with Gasteiger partial charge in [-0.05, 0) is 55.0 Å². The Kier molecular flexibility index (Phi) is 12.3. The first-order chi connectivity index (χ1) is 15.2. The van der Waals surface area contributed by atoms with E-state index in [-0.39, 0.29) is 29.8 Å². The fourth-order valence-corrected chi connectivity index (χ4v) is 3.15. The van der Waals surface area contributed by atoms with E-state index in [9.17, 15) is 4.39 Å². The number of nitrogens with zero attached hydrogens (tertiary/aromatic N) is 2. The fourth-order valence-electron chi connectivity index (χ4n) is 3.15. The van der Waals surface area contributed by atoms with Gasteiger partial charge in [-0.15, -0.1) is 24.0 Å². The molecule has 7 nitrogen and oxygen atoms in total. The third kappa shape index (κ3) is 9.66. The summed E-state index contributed by atoms with van der Waals surface area (Å²) in [6.45, 7) is 4.65. The Morgan fingerprint density at radius 3 is 2.62 bits per heavy atom. The van der Waals surface area contributed by atoms with Crippen molar-refractivity contribution >= 4 is 29.9 Å². The van der Waals surface area contributed by atoms with Gasteiger partial charge >= 0.3 is 0 Å². The number of pyridine rings is 1. The van der Waals surface area contributed by atoms with Crippen LogP contribution in [0, 0.1) is 11.7 Å². The van der Waals surface area contributed by atoms with Crippen molar-refractivity contribution in [1.82, 2.24) is 15.6 Å². The summed E-state index contributed by atoms with van der Waals surface area (Å²) < 4.78 is 29.7. The summed E-state index contributed by atoms with van der Waals surface area (Å²) in [5.74, 6) is 2.07. The third-order valence-corrected chi connectivity index (χ3v) is 4.97. The van der Waals surface area contributed by atoms with E-state index < -0.39 is 0 Å². The van der Waals surface area contributed by atoms with Gasteiger partial charge in [0, 0.05) is 58.8 Å². The Morgan fingerprint density at radius 2 is 1.94 bits per heavy atom. The molecule has 0 bridgehead atoms. The minimum absolute atomic E-state index is 0. The summed E-state index contributed by atoms with van der Waals surface area (Å²) in [5, 5.41) is 6.56. The first kappa shape index (κ1) is 26.3. The van der Waals surface area contributed by atoms with Crippen molar-refractivity contribution in [2.24, 2.45) is 10.9 Å². The molecule has 32 heavy (non-hydrogen) atoms. The predicted molar refractivity (Wildman–Crippen MR) is 133 cm³/mol. The van der Waals surface area contributed by atoms with Crippen molar-refractivity contribution in [3.63, 3.8) is 0 Å². The lowest BCUT2D eigenvalue weighted by atomic mass is 10.0. The number of hydrogen-bond acceptors (Lipinski definition) is 5. The van der Waals surface area contributed by atoms with Crippen molar-refractivity contribution in [2.75, 3.05) is 40.0 Å². The van der Waals surface area contributed by atoms with Gasteiger partial charge in [0.2, 0.25) is 5.88 Å². The van der Waals surface area contributed by atoms with Gasteiger partial charge in [0.15, 0.2) is 5.96 Å². The van der Waals surface area contributed by atoms with Crippen LogP contribution in [0.1, 0.15) is 24.8 Å². The van der Waals surface area contributed by atoms with Gasteiger partial charge in [0.25, 0.3) is 0 Å². The van der Waals surface area contributed by atoms with Crippen LogP contribution >= 0.6 is 24.0 Å². The second kappa shape index (κ2) is 15.0. The molecular formula is C23H32FIN4O3. The second-order valence-electron chi connectivity index (χ2n) is 7.40. The van der Waals surface area contributed by atoms with Crippen LogP contribution in [-0.4, -0.2) is 51.0 Å². The molecule has 0 radical (unpaired) electrons. The first-order valence-electron chi connectivity index (χ1n) is 10.7. The second-order valence-corrected chi connectivity index (χ2v) is 7.40. The van der Waals surface area contributed by atoms with Crippen LogP contribution in [0.15, 0.2) is 47.6 Å². The van der Waals surface area contributed by atoms with E-state index in [1.807, 2.05) is 6.07 Å². The van der Waals surface area contributed by atoms with Crippen LogP contribution in [0.4, 0.5) is 4.39 Å². The number of hydrogen-bond donors (Lipinski definition) is 2. The lowest BCUT2D eigenvalue weighted by Gasteiger charge is -2.21. The van der Waals surface area contributed by atoms with Gasteiger partial charge in [-0.3, -0.25) is 4.99 Å². The summed E-state index contributed by atoms with van der Waals surface area (Å²) in [7, 11) is 1.74. The summed E-state index contributed by atoms with van der Waals surface area (Å²) >= 11 is 0. The lowest BCUT2D eigenvalue weighted by molar-refractivity contribution is 0.0203. The fraction of sp³-hybridized carbons (Fsp3) is 0.478. The summed E-state index contributed by atoms with van der Waals surface area (Å²) in [4.78, 5) is 8.53. The zero-order chi connectivity index (χ0) is 21.7. The summed E-state index contributed by atoms with van der Waals surface area (Å²) in [6, 6.07) is 9.55. The molecule has 0 unspecified atom stereocenters. The van der Waals surface area contributed by atoms with Gasteiger partial charge < -0.3 is 24.8 Å². The number of aromatic nitrogens is 1. The minimum atomic E-state index is -0.300. The quantitative estimate of drug-likeness (QED) is 0.198. The molecule has 1 aliphatic rings. The SMILES string of the molecule is CN=C(NCCCOCC1CCOCC1)NCc1ccc(Oc2ccc(F)cc2)nc1.I. The molecule has 176 valence electrons. The number of aliphatic imine (C=N–C) groups is 1. The molecule has 0 aliphatic carbocycles. The standard InChI is InChI=1S/C23H31FN4O3.HI/c1-25-23(26-11-2-12-30-17-18-9-13-29-14-10-18)28-16-19-3-8-22(27-15-19)31-21-6-4-20(24)5-7-21;/h3-8,15,18H,2,9-14,16-17H2,1H3,(H2,25,26,28);1H. The van der Waals surface area contributed by atoms with Gasteiger partial charge in [0.05, 0.1) is 0 Å². The molecule has 2 N–H and O–H groups in total. The molecule has 1 fully saturated rings. The average molecular weight is 558 g/mol. The predicted octanol–water partition coefficient (Wildman–Crippen LogP) is 4.13. The first-order valence-corrected chi connectivity index (χ1v) is 10.7. The van der Waals surface area contributed by atoms with E-state index >= 15 is 0 Å². The van der Waals surface area contributed by atoms with Gasteiger partial charge in [0.1, 0.15) is 11.6 Å². The molecule has 1 saturated heterocycles. The van der Waals surface area contributed by atoms with Crippen LogP contribution in [-0.2, 0) is 16.0 Å². The number of benzene rings is 1. The normalized spacial score (nSPS) is 14.5. The molecule has 1 aromatic heterocycles. The highest BCUT2D eigenvalue weighted by Gasteiger charge is 2.13. The molecule has 0 atom stereocenters. The Bertz CT molecular complexity index is 800. The van der Waals surface area contributed by atoms with E-state index in [1.54, 1.807) is 31.4 Å². The summed E-state index contributed by atoms with van der Waals surface area (Å²) in [6.07, 6.45) is 4.86. The van der Waals surface area contributed by atoms with Crippen LogP contribution in [0.3, 0.4) is 0 Å². The zero-order valence-corrected chi connectivity index (χ0v) is 20.7. The maximum atomic E-state index is 13.0. The molecule has 1 aromatic carbocycles. The highest BCUT2D eigenvalue weighted by Crippen LogP contribution is 2.19. The Morgan fingerprint density at radius 1 is 1.16 bits per heavy atom. The smallest absolute Gasteiger partial charge is 0.219 e. The molecule has 2 heterocycles. The van der Waals surface area contributed by atoms with E-state index in [2.05, 4.69) is 20.6 Å². The van der Waals surface area contributed by atoms with Gasteiger partial charge in [-0.2, -0.15) is 0 Å². The minimum Gasteiger partial charge on any atom is -0.439 e. The molecule has 1 aliphatic heterocycles. The number of ether oxygens (including phenoxy) is 3. The topological polar surface area (TPSA) is 77.0 Å². The molecule has 3 rings (SSSR count). The molecule has 0 amide bonds. The summed E-state index contributed by atoms with van der Waals surface area (Å²) in [5.41, 5.74) is 0.995. The van der Waals surface area contributed by atoms with Crippen LogP contribution in [0.2, 0.25) is 0 Å². The monoisotopic (exact) mass is 558 g/mol. The Hall–Kier alpha value is -1.98. The van der Waals surface area contributed by atoms with Crippen LogP contribution in [0.25, 0.3) is 0 Å². The van der Waals surface area contributed by atoms with Crippen molar-refractivity contribution in [1.29, 1.82) is 0 Å². The number of rotatable bonds is 10. The Labute approximate surface area is 206 Å². The van der Waals surface area contributed by atoms with E-state index in [0.717, 1.165) is 63.8 Å². The molecule has 9 heteroatoms. The van der Waals surface area contributed by atoms with E-state index in [1.165, 1.54) is 12.1 Å². The highest BCUT2D eigenvalue weighted by molar-refractivity contribution is 14.0. The molecule has 2 aromatic rings. The maximum absolute atomic E-state index is 13.0. The Balaban J connectivity index is 0.00000363. The van der Waals surface area contributed by atoms with E-state index in [4.69, 9.17) is 14.2 Å². The largest absolute Gasteiger partial charge is 0.439 e. The van der Waals surface area contributed by atoms with Crippen molar-refractivity contribution < 1.29 is 18.6 Å². The zero-order valence-electron chi connectivity index (χ0n) is 18.4. The van der Waals surface area contributed by atoms with Crippen molar-refractivity contribution in [3.05, 3.63) is 54.0 Å². The number of nitrogens with one attached hydrogen (secondary N) is 2. The van der Waals surface area contributed by atoms with Crippen molar-refractivity contribution in [2.45, 2.75) is 25.8 Å². The maximum Gasteiger partial charge on any atom is 0.219 e. The van der Waals surface area contributed by atoms with Crippen LogP contribution in [0.5, 0.6) is 11.6 Å². The number of guanidine groups is 1. The molecule has 0 saturated carbocycles. The highest BCUT2D eigenvalue weighted by atomic mass is 127. The van der Waals surface area contributed by atoms with E-state index in [0.29, 0.717) is 24.1 Å². The van der Waals surface area contributed by atoms with Crippen molar-refractivity contribution in [3.8, 4) is 11.6 Å². The van der Waals surface area contributed by atoms with Gasteiger partial charge in [-0.25, -0.2) is 9.37 Å². The molecular weight excluding hydrogens is 526 g/mol. The number of halogens is 2. The third-order valence-electron chi connectivity index (χ3n) is 4.97. The van der Waals surface area contributed by atoms with Gasteiger partial charge in [-0.1, -0.05) is 6.07 Å². The average Bonchev–Trinajstić information content (AvgIpc) is 2.81.